The minimum atomic E-state index is -0.217. The van der Waals surface area contributed by atoms with E-state index in [4.69, 9.17) is 0 Å². The first kappa shape index (κ1) is 21.1. The third kappa shape index (κ3) is 5.15. The number of carbonyl (C=O) groups excluding carboxylic acids is 2. The predicted octanol–water partition coefficient (Wildman–Crippen LogP) is 4.35. The zero-order valence-corrected chi connectivity index (χ0v) is 17.9. The highest BCUT2D eigenvalue weighted by Crippen LogP contribution is 2.39. The van der Waals surface area contributed by atoms with Crippen molar-refractivity contribution in [3.63, 3.8) is 0 Å². The number of benzene rings is 1. The molecule has 0 saturated carbocycles. The normalized spacial score (nSPS) is 18.7. The van der Waals surface area contributed by atoms with Crippen LogP contribution in [0.4, 0.5) is 5.69 Å². The Bertz CT molecular complexity index is 649. The van der Waals surface area contributed by atoms with Gasteiger partial charge in [-0.05, 0) is 41.7 Å². The summed E-state index contributed by atoms with van der Waals surface area (Å²) in [4.78, 5) is 26.4. The summed E-state index contributed by atoms with van der Waals surface area (Å²) in [6.07, 6.45) is 3.58. The molecular weight excluding hydrogens is 341 g/mol. The Morgan fingerprint density at radius 3 is 2.31 bits per heavy atom. The molecule has 0 radical (unpaired) electrons. The molecule has 0 aliphatic carbocycles. The van der Waals surface area contributed by atoms with Gasteiger partial charge in [0.2, 0.25) is 11.8 Å². The average molecular weight is 373 g/mol. The Balaban J connectivity index is 2.12. The third-order valence-electron chi connectivity index (χ3n) is 4.80. The second-order valence-corrected chi connectivity index (χ2v) is 10.5. The fourth-order valence-corrected chi connectivity index (χ4v) is 5.11. The first-order chi connectivity index (χ1) is 12.0. The molecule has 0 aromatic heterocycles. The lowest BCUT2D eigenvalue weighted by Crippen LogP contribution is -2.31. The summed E-state index contributed by atoms with van der Waals surface area (Å²) in [5.41, 5.74) is 1.99. The molecule has 2 rings (SSSR count). The van der Waals surface area contributed by atoms with Gasteiger partial charge in [0.15, 0.2) is 0 Å². The van der Waals surface area contributed by atoms with Crippen LogP contribution < -0.4 is 4.90 Å². The molecule has 5 heteroatoms. The third-order valence-corrected chi connectivity index (χ3v) is 6.10. The molecule has 1 saturated heterocycles. The van der Waals surface area contributed by atoms with Crippen LogP contribution in [0.5, 0.6) is 0 Å². The molecule has 1 aromatic rings. The monoisotopic (exact) mass is 373 g/mol. The van der Waals surface area contributed by atoms with E-state index in [0.29, 0.717) is 12.1 Å². The standard InChI is InChI=1S/C21H32BNO2S/c1-6-7-12-26-17-13-18(24)23(19(17)25)16-10-8-15(9-11-16)20(2,3)14-21(4,5)22/h8-11,17H,6-7,12-14,22H2,1-5H3. The Hall–Kier alpha value is -1.23. The molecular formula is C21H32BNO2S. The van der Waals surface area contributed by atoms with Crippen molar-refractivity contribution < 1.29 is 9.59 Å². The zero-order valence-electron chi connectivity index (χ0n) is 17.1. The van der Waals surface area contributed by atoms with Crippen LogP contribution in [0.2, 0.25) is 5.31 Å². The maximum absolute atomic E-state index is 12.7. The van der Waals surface area contributed by atoms with Crippen molar-refractivity contribution in [2.45, 2.75) is 76.3 Å². The second kappa shape index (κ2) is 8.20. The molecule has 1 aromatic carbocycles. The van der Waals surface area contributed by atoms with E-state index in [1.54, 1.807) is 11.8 Å². The van der Waals surface area contributed by atoms with Crippen LogP contribution in [0.15, 0.2) is 24.3 Å². The van der Waals surface area contributed by atoms with Gasteiger partial charge in [-0.1, -0.05) is 58.5 Å². The lowest BCUT2D eigenvalue weighted by Gasteiger charge is -2.33. The summed E-state index contributed by atoms with van der Waals surface area (Å²) < 4.78 is 0. The molecule has 142 valence electrons. The quantitative estimate of drug-likeness (QED) is 0.386. The highest BCUT2D eigenvalue weighted by atomic mass is 32.2. The summed E-state index contributed by atoms with van der Waals surface area (Å²) in [5.74, 6) is 0.803. The topological polar surface area (TPSA) is 37.4 Å². The van der Waals surface area contributed by atoms with E-state index in [9.17, 15) is 9.59 Å². The van der Waals surface area contributed by atoms with Crippen molar-refractivity contribution in [1.29, 1.82) is 0 Å². The number of hydrogen-bond acceptors (Lipinski definition) is 3. The van der Waals surface area contributed by atoms with Crippen molar-refractivity contribution in [2.75, 3.05) is 10.7 Å². The maximum atomic E-state index is 12.7. The Kier molecular flexibility index (Phi) is 6.65. The van der Waals surface area contributed by atoms with Crippen molar-refractivity contribution in [2.24, 2.45) is 0 Å². The van der Waals surface area contributed by atoms with Crippen molar-refractivity contribution >= 4 is 37.1 Å². The summed E-state index contributed by atoms with van der Waals surface area (Å²) in [7, 11) is 2.25. The van der Waals surface area contributed by atoms with Crippen LogP contribution in [0.3, 0.4) is 0 Å². The van der Waals surface area contributed by atoms with Crippen LogP contribution in [-0.4, -0.2) is 30.7 Å². The molecule has 1 heterocycles. The summed E-state index contributed by atoms with van der Waals surface area (Å²) in [5, 5.41) is 0.0254. The molecule has 3 nitrogen and oxygen atoms in total. The van der Waals surface area contributed by atoms with Crippen molar-refractivity contribution in [1.82, 2.24) is 0 Å². The van der Waals surface area contributed by atoms with Crippen LogP contribution in [0, 0.1) is 0 Å². The first-order valence-electron chi connectivity index (χ1n) is 9.64. The maximum Gasteiger partial charge on any atom is 0.247 e. The van der Waals surface area contributed by atoms with E-state index in [0.717, 1.165) is 25.0 Å². The number of thioether (sulfide) groups is 1. The van der Waals surface area contributed by atoms with Crippen molar-refractivity contribution in [3.05, 3.63) is 29.8 Å². The molecule has 26 heavy (non-hydrogen) atoms. The minimum Gasteiger partial charge on any atom is -0.274 e. The number of amides is 2. The zero-order chi connectivity index (χ0) is 19.5. The van der Waals surface area contributed by atoms with Crippen LogP contribution in [-0.2, 0) is 15.0 Å². The highest BCUT2D eigenvalue weighted by Gasteiger charge is 2.39. The molecule has 0 spiro atoms. The fraction of sp³-hybridized carbons (Fsp3) is 0.619. The van der Waals surface area contributed by atoms with Gasteiger partial charge < -0.3 is 0 Å². The molecule has 1 aliphatic heterocycles. The number of anilines is 1. The van der Waals surface area contributed by atoms with Crippen LogP contribution >= 0.6 is 11.8 Å². The molecule has 1 unspecified atom stereocenters. The SMILES string of the molecule is BC(C)(C)CC(C)(C)c1ccc(N2C(=O)CC(SCCCC)C2=O)cc1. The Morgan fingerprint density at radius 2 is 1.77 bits per heavy atom. The van der Waals surface area contributed by atoms with E-state index in [2.05, 4.69) is 54.6 Å². The number of hydrogen-bond donors (Lipinski definition) is 0. The number of nitrogens with zero attached hydrogens (tertiary/aromatic N) is 1. The molecule has 0 N–H and O–H groups in total. The summed E-state index contributed by atoms with van der Waals surface area (Å²) >= 11 is 1.62. The molecule has 1 atom stereocenters. The van der Waals surface area contributed by atoms with E-state index in [1.165, 1.54) is 10.5 Å². The van der Waals surface area contributed by atoms with Gasteiger partial charge >= 0.3 is 0 Å². The molecule has 1 fully saturated rings. The summed E-state index contributed by atoms with van der Waals surface area (Å²) in [6.45, 7) is 11.1. The van der Waals surface area contributed by atoms with Gasteiger partial charge in [0.25, 0.3) is 0 Å². The molecule has 1 aliphatic rings. The van der Waals surface area contributed by atoms with E-state index in [-0.39, 0.29) is 27.8 Å². The molecule has 2 amide bonds. The highest BCUT2D eigenvalue weighted by molar-refractivity contribution is 8.00. The Morgan fingerprint density at radius 1 is 1.15 bits per heavy atom. The summed E-state index contributed by atoms with van der Waals surface area (Å²) in [6, 6.07) is 7.99. The van der Waals surface area contributed by atoms with Gasteiger partial charge in [-0.2, -0.15) is 0 Å². The molecule has 0 bridgehead atoms. The number of imide groups is 1. The van der Waals surface area contributed by atoms with Gasteiger partial charge in [-0.3, -0.25) is 9.59 Å². The van der Waals surface area contributed by atoms with Gasteiger partial charge in [0.05, 0.1) is 10.9 Å². The average Bonchev–Trinajstić information content (AvgIpc) is 2.80. The smallest absolute Gasteiger partial charge is 0.247 e. The number of carbonyl (C=O) groups is 2. The van der Waals surface area contributed by atoms with E-state index < -0.39 is 0 Å². The van der Waals surface area contributed by atoms with Gasteiger partial charge in [-0.15, -0.1) is 11.8 Å². The minimum absolute atomic E-state index is 0.0499. The van der Waals surface area contributed by atoms with Gasteiger partial charge in [-0.25, -0.2) is 4.90 Å². The van der Waals surface area contributed by atoms with Gasteiger partial charge in [0, 0.05) is 6.42 Å². The lowest BCUT2D eigenvalue weighted by atomic mass is 9.62. The fourth-order valence-electron chi connectivity index (χ4n) is 3.87. The van der Waals surface area contributed by atoms with E-state index >= 15 is 0 Å². The lowest BCUT2D eigenvalue weighted by molar-refractivity contribution is -0.121. The Labute approximate surface area is 163 Å². The van der Waals surface area contributed by atoms with Crippen LogP contribution in [0.25, 0.3) is 0 Å². The predicted molar refractivity (Wildman–Crippen MR) is 115 cm³/mol. The number of rotatable bonds is 8. The largest absolute Gasteiger partial charge is 0.274 e. The van der Waals surface area contributed by atoms with Crippen LogP contribution in [0.1, 0.15) is 65.9 Å². The van der Waals surface area contributed by atoms with E-state index in [1.807, 2.05) is 12.1 Å². The van der Waals surface area contributed by atoms with Gasteiger partial charge in [0.1, 0.15) is 7.85 Å². The first-order valence-corrected chi connectivity index (χ1v) is 10.7. The number of unbranched alkanes of at least 4 members (excludes halogenated alkanes) is 1. The second-order valence-electron chi connectivity index (χ2n) is 9.15. The van der Waals surface area contributed by atoms with Crippen molar-refractivity contribution in [3.8, 4) is 0 Å².